The predicted molar refractivity (Wildman–Crippen MR) is 74.6 cm³/mol. The molecule has 1 aromatic carbocycles. The number of aromatic hydroxyl groups is 1. The first-order valence-electron chi connectivity index (χ1n) is 6.23. The maximum atomic E-state index is 10.1. The van der Waals surface area contributed by atoms with Crippen LogP contribution in [0.25, 0.3) is 27.8 Å². The first-order valence-corrected chi connectivity index (χ1v) is 6.23. The molecule has 0 spiro atoms. The molecule has 0 aliphatic carbocycles. The topological polar surface area (TPSA) is 63.6 Å². The van der Waals surface area contributed by atoms with Crippen molar-refractivity contribution in [2.45, 2.75) is 6.92 Å². The molecule has 1 N–H and O–H groups in total. The van der Waals surface area contributed by atoms with Gasteiger partial charge in [-0.25, -0.2) is 4.98 Å². The summed E-state index contributed by atoms with van der Waals surface area (Å²) in [5, 5.41) is 10.1. The summed E-state index contributed by atoms with van der Waals surface area (Å²) in [6.07, 6.45) is 4.99. The monoisotopic (exact) mass is 265 g/mol. The summed E-state index contributed by atoms with van der Waals surface area (Å²) >= 11 is 0. The minimum Gasteiger partial charge on any atom is -0.493 e. The Balaban J connectivity index is 2.05. The molecule has 3 aromatic heterocycles. The molecular weight excluding hydrogens is 254 g/mol. The van der Waals surface area contributed by atoms with Crippen LogP contribution in [0, 0.1) is 6.92 Å². The summed E-state index contributed by atoms with van der Waals surface area (Å²) in [4.78, 5) is 8.68. The van der Waals surface area contributed by atoms with Crippen LogP contribution in [-0.2, 0) is 0 Å². The maximum absolute atomic E-state index is 10.1. The third-order valence-corrected chi connectivity index (χ3v) is 3.44. The third-order valence-electron chi connectivity index (χ3n) is 3.44. The summed E-state index contributed by atoms with van der Waals surface area (Å²) in [6.45, 7) is 1.77. The molecule has 0 saturated heterocycles. The summed E-state index contributed by atoms with van der Waals surface area (Å²) < 4.78 is 6.80. The largest absolute Gasteiger partial charge is 0.493 e. The van der Waals surface area contributed by atoms with Gasteiger partial charge in [-0.3, -0.25) is 9.38 Å². The average Bonchev–Trinajstić information content (AvgIpc) is 3.08. The fraction of sp³-hybridized carbons (Fsp3) is 0.0667. The Morgan fingerprint density at radius 3 is 2.90 bits per heavy atom. The van der Waals surface area contributed by atoms with E-state index in [0.717, 1.165) is 22.2 Å². The van der Waals surface area contributed by atoms with E-state index >= 15 is 0 Å². The van der Waals surface area contributed by atoms with Crippen molar-refractivity contribution in [1.82, 2.24) is 14.4 Å². The van der Waals surface area contributed by atoms with Gasteiger partial charge in [-0.15, -0.1) is 0 Å². The lowest BCUT2D eigenvalue weighted by Gasteiger charge is -2.04. The minimum atomic E-state index is 0.156. The molecule has 0 radical (unpaired) electrons. The van der Waals surface area contributed by atoms with E-state index in [9.17, 15) is 5.11 Å². The van der Waals surface area contributed by atoms with Gasteiger partial charge in [0, 0.05) is 5.56 Å². The summed E-state index contributed by atoms with van der Waals surface area (Å²) in [6, 6.07) is 7.77. The Kier molecular flexibility index (Phi) is 2.12. The van der Waals surface area contributed by atoms with Gasteiger partial charge in [-0.2, -0.15) is 0 Å². The van der Waals surface area contributed by atoms with Gasteiger partial charge in [0.15, 0.2) is 5.65 Å². The molecule has 4 aromatic rings. The maximum Gasteiger partial charge on any atom is 0.219 e. The van der Waals surface area contributed by atoms with Crippen molar-refractivity contribution in [1.29, 1.82) is 0 Å². The second kappa shape index (κ2) is 3.84. The number of nitrogens with zero attached hydrogens (tertiary/aromatic N) is 3. The van der Waals surface area contributed by atoms with Gasteiger partial charge in [-0.1, -0.05) is 6.07 Å². The third kappa shape index (κ3) is 1.43. The van der Waals surface area contributed by atoms with Crippen LogP contribution in [0.15, 0.2) is 47.4 Å². The van der Waals surface area contributed by atoms with E-state index in [0.29, 0.717) is 11.3 Å². The number of rotatable bonds is 1. The lowest BCUT2D eigenvalue weighted by Crippen LogP contribution is -1.91. The van der Waals surface area contributed by atoms with Crippen molar-refractivity contribution in [3.05, 3.63) is 48.7 Å². The smallest absolute Gasteiger partial charge is 0.219 e. The van der Waals surface area contributed by atoms with E-state index in [2.05, 4.69) is 9.97 Å². The van der Waals surface area contributed by atoms with Crippen molar-refractivity contribution in [2.24, 2.45) is 0 Å². The van der Waals surface area contributed by atoms with Crippen LogP contribution in [-0.4, -0.2) is 19.5 Å². The molecule has 0 saturated carbocycles. The lowest BCUT2D eigenvalue weighted by atomic mass is 10.1. The standard InChI is InChI=1S/C15H11N3O2/c1-9-15(19)18-13-3-2-10(11-4-5-20-8-11)6-12(13)16-7-14(18)17-9/h2-8,19H,1H3. The van der Waals surface area contributed by atoms with Crippen LogP contribution in [0.4, 0.5) is 0 Å². The Morgan fingerprint density at radius 2 is 2.10 bits per heavy atom. The Labute approximate surface area is 114 Å². The molecule has 4 rings (SSSR count). The second-order valence-corrected chi connectivity index (χ2v) is 4.69. The van der Waals surface area contributed by atoms with Crippen molar-refractivity contribution in [2.75, 3.05) is 0 Å². The highest BCUT2D eigenvalue weighted by atomic mass is 16.3. The molecule has 5 nitrogen and oxygen atoms in total. The van der Waals surface area contributed by atoms with E-state index in [1.165, 1.54) is 0 Å². The van der Waals surface area contributed by atoms with E-state index in [-0.39, 0.29) is 5.88 Å². The molecule has 0 fully saturated rings. The van der Waals surface area contributed by atoms with Gasteiger partial charge in [-0.05, 0) is 30.7 Å². The second-order valence-electron chi connectivity index (χ2n) is 4.69. The van der Waals surface area contributed by atoms with Gasteiger partial charge >= 0.3 is 0 Å². The molecule has 5 heteroatoms. The molecule has 0 bridgehead atoms. The number of fused-ring (bicyclic) bond motifs is 3. The SMILES string of the molecule is Cc1nc2cnc3cc(-c4ccoc4)ccc3n2c1O. The van der Waals surface area contributed by atoms with Crippen molar-refractivity contribution in [3.8, 4) is 17.0 Å². The van der Waals surface area contributed by atoms with Gasteiger partial charge in [0.25, 0.3) is 0 Å². The van der Waals surface area contributed by atoms with Crippen LogP contribution in [0.1, 0.15) is 5.69 Å². The van der Waals surface area contributed by atoms with E-state index in [1.54, 1.807) is 30.0 Å². The van der Waals surface area contributed by atoms with Crippen LogP contribution in [0.2, 0.25) is 0 Å². The first-order chi connectivity index (χ1) is 9.74. The molecular formula is C15H11N3O2. The Hall–Kier alpha value is -2.82. The average molecular weight is 265 g/mol. The van der Waals surface area contributed by atoms with Crippen molar-refractivity contribution < 1.29 is 9.52 Å². The summed E-state index contributed by atoms with van der Waals surface area (Å²) in [5.74, 6) is 0.156. The zero-order valence-electron chi connectivity index (χ0n) is 10.7. The molecule has 20 heavy (non-hydrogen) atoms. The van der Waals surface area contributed by atoms with Gasteiger partial charge in [0.2, 0.25) is 5.88 Å². The van der Waals surface area contributed by atoms with Crippen LogP contribution < -0.4 is 0 Å². The zero-order valence-corrected chi connectivity index (χ0v) is 10.7. The highest BCUT2D eigenvalue weighted by molar-refractivity contribution is 5.83. The summed E-state index contributed by atoms with van der Waals surface area (Å²) in [5.41, 5.74) is 4.88. The molecule has 0 aliphatic heterocycles. The quantitative estimate of drug-likeness (QED) is 0.574. The van der Waals surface area contributed by atoms with Crippen molar-refractivity contribution >= 4 is 16.7 Å². The van der Waals surface area contributed by atoms with Gasteiger partial charge in [0.1, 0.15) is 5.69 Å². The Morgan fingerprint density at radius 1 is 1.20 bits per heavy atom. The number of imidazole rings is 1. The lowest BCUT2D eigenvalue weighted by molar-refractivity contribution is 0.446. The first kappa shape index (κ1) is 11.0. The fourth-order valence-corrected chi connectivity index (χ4v) is 2.42. The van der Waals surface area contributed by atoms with Crippen molar-refractivity contribution in [3.63, 3.8) is 0 Å². The fourth-order valence-electron chi connectivity index (χ4n) is 2.42. The summed E-state index contributed by atoms with van der Waals surface area (Å²) in [7, 11) is 0. The molecule has 3 heterocycles. The van der Waals surface area contributed by atoms with E-state index in [4.69, 9.17) is 4.42 Å². The van der Waals surface area contributed by atoms with E-state index < -0.39 is 0 Å². The highest BCUT2D eigenvalue weighted by Gasteiger charge is 2.11. The Bertz CT molecular complexity index is 923. The number of hydrogen-bond donors (Lipinski definition) is 1. The molecule has 0 amide bonds. The normalized spacial score (nSPS) is 11.4. The zero-order chi connectivity index (χ0) is 13.7. The van der Waals surface area contributed by atoms with Gasteiger partial charge in [0.05, 0.1) is 29.8 Å². The predicted octanol–water partition coefficient (Wildman–Crippen LogP) is 3.16. The number of hydrogen-bond acceptors (Lipinski definition) is 4. The molecule has 0 unspecified atom stereocenters. The number of aromatic nitrogens is 3. The number of aryl methyl sites for hydroxylation is 1. The number of benzene rings is 1. The van der Waals surface area contributed by atoms with Crippen LogP contribution in [0.5, 0.6) is 5.88 Å². The van der Waals surface area contributed by atoms with Crippen LogP contribution in [0.3, 0.4) is 0 Å². The molecule has 0 aliphatic rings. The molecule has 0 atom stereocenters. The molecule has 98 valence electrons. The van der Waals surface area contributed by atoms with E-state index in [1.807, 2.05) is 24.3 Å². The van der Waals surface area contributed by atoms with Crippen LogP contribution >= 0.6 is 0 Å². The van der Waals surface area contributed by atoms with Gasteiger partial charge < -0.3 is 9.52 Å². The highest BCUT2D eigenvalue weighted by Crippen LogP contribution is 2.27. The number of furan rings is 1. The minimum absolute atomic E-state index is 0.156.